The number of fused-ring (bicyclic) bond motifs is 2. The SMILES string of the molecule is C=C1CC2O[C@@H]3[C@@H]4[C@H](C[C@H](C)[C@H](OC(C)=O)[C@H]24)[C@H](C)CO[C@]3(C)[C@@H](OC(C)=O)C[C@H]1O. The molecule has 4 fully saturated rings. The molecule has 7 heteroatoms. The Labute approximate surface area is 184 Å². The highest BCUT2D eigenvalue weighted by Gasteiger charge is 2.65. The minimum atomic E-state index is -0.917. The highest BCUT2D eigenvalue weighted by Crippen LogP contribution is 2.58. The number of hydrogen-bond donors (Lipinski definition) is 1. The number of carbonyl (C=O) groups is 2. The molecule has 1 aliphatic carbocycles. The van der Waals surface area contributed by atoms with Crippen LogP contribution in [0.4, 0.5) is 0 Å². The summed E-state index contributed by atoms with van der Waals surface area (Å²) < 4.78 is 24.8. The van der Waals surface area contributed by atoms with E-state index in [4.69, 9.17) is 18.9 Å². The molecule has 11 atom stereocenters. The maximum atomic E-state index is 12.0. The molecular weight excluding hydrogens is 400 g/mol. The maximum Gasteiger partial charge on any atom is 0.303 e. The monoisotopic (exact) mass is 436 g/mol. The van der Waals surface area contributed by atoms with Gasteiger partial charge in [0.05, 0.1) is 24.9 Å². The van der Waals surface area contributed by atoms with Gasteiger partial charge in [-0.3, -0.25) is 9.59 Å². The van der Waals surface area contributed by atoms with E-state index in [2.05, 4.69) is 20.4 Å². The summed E-state index contributed by atoms with van der Waals surface area (Å²) >= 11 is 0. The molecule has 31 heavy (non-hydrogen) atoms. The fourth-order valence-electron chi connectivity index (χ4n) is 6.72. The first-order valence-corrected chi connectivity index (χ1v) is 11.5. The van der Waals surface area contributed by atoms with Crippen LogP contribution in [0.3, 0.4) is 0 Å². The summed E-state index contributed by atoms with van der Waals surface area (Å²) in [5.41, 5.74) is -0.270. The number of hydrogen-bond acceptors (Lipinski definition) is 7. The Morgan fingerprint density at radius 3 is 2.42 bits per heavy atom. The minimum absolute atomic E-state index is 0.0221. The third kappa shape index (κ3) is 3.83. The van der Waals surface area contributed by atoms with Crippen molar-refractivity contribution in [3.63, 3.8) is 0 Å². The van der Waals surface area contributed by atoms with Crippen LogP contribution >= 0.6 is 0 Å². The average Bonchev–Trinajstić information content (AvgIpc) is 3.02. The number of rotatable bonds is 2. The highest BCUT2D eigenvalue weighted by molar-refractivity contribution is 5.66. The van der Waals surface area contributed by atoms with Gasteiger partial charge in [-0.25, -0.2) is 0 Å². The van der Waals surface area contributed by atoms with Gasteiger partial charge in [-0.1, -0.05) is 20.4 Å². The molecule has 2 bridgehead atoms. The van der Waals surface area contributed by atoms with Gasteiger partial charge in [-0.15, -0.1) is 0 Å². The number of ether oxygens (including phenoxy) is 4. The van der Waals surface area contributed by atoms with Gasteiger partial charge in [0.25, 0.3) is 0 Å². The van der Waals surface area contributed by atoms with E-state index in [9.17, 15) is 14.7 Å². The first kappa shape index (κ1) is 22.7. The third-order valence-corrected chi connectivity index (χ3v) is 8.20. The van der Waals surface area contributed by atoms with Crippen molar-refractivity contribution in [1.29, 1.82) is 0 Å². The van der Waals surface area contributed by atoms with Crippen LogP contribution in [0.5, 0.6) is 0 Å². The Hall–Kier alpha value is -1.44. The van der Waals surface area contributed by atoms with Crippen molar-refractivity contribution in [3.8, 4) is 0 Å². The molecule has 0 aromatic rings. The van der Waals surface area contributed by atoms with Gasteiger partial charge in [-0.05, 0) is 43.1 Å². The van der Waals surface area contributed by atoms with E-state index in [0.717, 1.165) is 6.42 Å². The van der Waals surface area contributed by atoms with Crippen LogP contribution in [0.25, 0.3) is 0 Å². The zero-order valence-corrected chi connectivity index (χ0v) is 19.2. The van der Waals surface area contributed by atoms with Crippen LogP contribution in [0.2, 0.25) is 0 Å². The molecule has 1 N–H and O–H groups in total. The van der Waals surface area contributed by atoms with Crippen molar-refractivity contribution in [2.45, 2.75) is 90.0 Å². The molecule has 4 rings (SSSR count). The normalized spacial score (nSPS) is 49.3. The molecule has 1 unspecified atom stereocenters. The zero-order chi connectivity index (χ0) is 22.7. The number of carbonyl (C=O) groups excluding carboxylic acids is 2. The fourth-order valence-corrected chi connectivity index (χ4v) is 6.72. The molecule has 3 heterocycles. The molecule has 7 nitrogen and oxygen atoms in total. The second-order valence-electron chi connectivity index (χ2n) is 10.4. The van der Waals surface area contributed by atoms with Crippen molar-refractivity contribution in [2.24, 2.45) is 29.6 Å². The van der Waals surface area contributed by atoms with Crippen molar-refractivity contribution >= 4 is 11.9 Å². The van der Waals surface area contributed by atoms with Gasteiger partial charge in [0.2, 0.25) is 0 Å². The molecule has 0 amide bonds. The van der Waals surface area contributed by atoms with Gasteiger partial charge in [0.15, 0.2) is 0 Å². The molecule has 0 aromatic carbocycles. The molecule has 0 aromatic heterocycles. The molecule has 174 valence electrons. The Morgan fingerprint density at radius 2 is 1.77 bits per heavy atom. The van der Waals surface area contributed by atoms with Crippen LogP contribution in [-0.2, 0) is 28.5 Å². The number of aliphatic hydroxyl groups excluding tert-OH is 1. The van der Waals surface area contributed by atoms with Gasteiger partial charge < -0.3 is 24.1 Å². The lowest BCUT2D eigenvalue weighted by molar-refractivity contribution is -0.204. The summed E-state index contributed by atoms with van der Waals surface area (Å²) in [5, 5.41) is 10.9. The van der Waals surface area contributed by atoms with E-state index in [1.54, 1.807) is 0 Å². The predicted octanol–water partition coefficient (Wildman–Crippen LogP) is 2.64. The van der Waals surface area contributed by atoms with E-state index in [0.29, 0.717) is 24.5 Å². The summed E-state index contributed by atoms with van der Waals surface area (Å²) in [7, 11) is 0. The lowest BCUT2D eigenvalue weighted by Crippen LogP contribution is -2.57. The van der Waals surface area contributed by atoms with Gasteiger partial charge in [0.1, 0.15) is 17.8 Å². The van der Waals surface area contributed by atoms with Crippen LogP contribution in [-0.4, -0.2) is 59.8 Å². The zero-order valence-electron chi connectivity index (χ0n) is 19.2. The largest absolute Gasteiger partial charge is 0.462 e. The Bertz CT molecular complexity index is 750. The van der Waals surface area contributed by atoms with E-state index in [-0.39, 0.29) is 54.4 Å². The second kappa shape index (κ2) is 8.16. The Morgan fingerprint density at radius 1 is 1.10 bits per heavy atom. The number of esters is 2. The maximum absolute atomic E-state index is 12.0. The predicted molar refractivity (Wildman–Crippen MR) is 112 cm³/mol. The van der Waals surface area contributed by atoms with Crippen molar-refractivity contribution in [3.05, 3.63) is 12.2 Å². The summed E-state index contributed by atoms with van der Waals surface area (Å²) in [4.78, 5) is 23.9. The van der Waals surface area contributed by atoms with Crippen LogP contribution in [0.1, 0.15) is 53.9 Å². The van der Waals surface area contributed by atoms with E-state index >= 15 is 0 Å². The molecule has 0 spiro atoms. The summed E-state index contributed by atoms with van der Waals surface area (Å²) in [6, 6.07) is 0. The summed E-state index contributed by atoms with van der Waals surface area (Å²) in [6.45, 7) is 13.7. The molecule has 3 aliphatic heterocycles. The first-order valence-electron chi connectivity index (χ1n) is 11.5. The Kier molecular flexibility index (Phi) is 5.99. The van der Waals surface area contributed by atoms with Crippen LogP contribution in [0.15, 0.2) is 12.2 Å². The standard InChI is InChI=1S/C24H36O7/c1-11-8-18-21-20-16(7-12(2)22(21)30-15(5)26)13(3)10-28-24(6,23(20)31-18)19(9-17(11)27)29-14(4)25/h12-13,16-23,27H,1,7-10H2,2-6H3/t12-,13+,16+,17+,18?,19-,20+,21+,22-,23+,24+/m0/s1. The fraction of sp³-hybridized carbons (Fsp3) is 0.833. The second-order valence-corrected chi connectivity index (χ2v) is 10.4. The average molecular weight is 437 g/mol. The van der Waals surface area contributed by atoms with Crippen molar-refractivity contribution < 1.29 is 33.6 Å². The van der Waals surface area contributed by atoms with E-state index in [1.807, 2.05) is 6.92 Å². The molecule has 4 aliphatic rings. The van der Waals surface area contributed by atoms with Crippen molar-refractivity contribution in [2.75, 3.05) is 6.61 Å². The molecule has 0 radical (unpaired) electrons. The number of aliphatic hydroxyl groups is 1. The van der Waals surface area contributed by atoms with Crippen LogP contribution in [0, 0.1) is 29.6 Å². The summed E-state index contributed by atoms with van der Waals surface area (Å²) in [6.07, 6.45) is -0.711. The van der Waals surface area contributed by atoms with E-state index < -0.39 is 23.8 Å². The lowest BCUT2D eigenvalue weighted by atomic mass is 9.59. The van der Waals surface area contributed by atoms with E-state index in [1.165, 1.54) is 13.8 Å². The topological polar surface area (TPSA) is 91.3 Å². The van der Waals surface area contributed by atoms with Gasteiger partial charge >= 0.3 is 11.9 Å². The molecule has 1 saturated carbocycles. The molecule has 3 saturated heterocycles. The summed E-state index contributed by atoms with van der Waals surface area (Å²) in [5.74, 6) is 0.201. The van der Waals surface area contributed by atoms with Gasteiger partial charge in [0, 0.05) is 32.1 Å². The smallest absolute Gasteiger partial charge is 0.303 e. The lowest BCUT2D eigenvalue weighted by Gasteiger charge is -2.47. The molecular formula is C24H36O7. The van der Waals surface area contributed by atoms with Crippen molar-refractivity contribution in [1.82, 2.24) is 0 Å². The van der Waals surface area contributed by atoms with Gasteiger partial charge in [-0.2, -0.15) is 0 Å². The Balaban J connectivity index is 1.83. The highest BCUT2D eigenvalue weighted by atomic mass is 16.6. The minimum Gasteiger partial charge on any atom is -0.462 e. The van der Waals surface area contributed by atoms with Crippen LogP contribution < -0.4 is 0 Å². The third-order valence-electron chi connectivity index (χ3n) is 8.20. The first-order chi connectivity index (χ1) is 14.5. The quantitative estimate of drug-likeness (QED) is 0.526.